The molecule has 1 aromatic rings. The predicted octanol–water partition coefficient (Wildman–Crippen LogP) is 0.839. The minimum atomic E-state index is -0.894. The molecule has 1 rings (SSSR count). The van der Waals surface area contributed by atoms with Crippen LogP contribution < -0.4 is 16.2 Å². The first-order valence-electron chi connectivity index (χ1n) is 6.52. The second kappa shape index (κ2) is 8.31. The lowest BCUT2D eigenvalue weighted by molar-refractivity contribution is -0.141. The number of rotatable bonds is 4. The van der Waals surface area contributed by atoms with Crippen molar-refractivity contribution in [3.8, 4) is 0 Å². The minimum Gasteiger partial charge on any atom is -0.346 e. The van der Waals surface area contributed by atoms with Crippen molar-refractivity contribution in [1.29, 1.82) is 0 Å². The molecule has 0 heterocycles. The quantitative estimate of drug-likeness (QED) is 0.437. The van der Waals surface area contributed by atoms with Gasteiger partial charge >= 0.3 is 11.8 Å². The number of hydrazine groups is 1. The Morgan fingerprint density at radius 3 is 2.14 bits per heavy atom. The Morgan fingerprint density at radius 1 is 0.952 bits per heavy atom. The van der Waals surface area contributed by atoms with Crippen LogP contribution in [-0.2, 0) is 14.4 Å². The summed E-state index contributed by atoms with van der Waals surface area (Å²) in [5.41, 5.74) is 4.33. The van der Waals surface area contributed by atoms with E-state index in [2.05, 4.69) is 16.2 Å². The van der Waals surface area contributed by atoms with Crippen molar-refractivity contribution in [2.45, 2.75) is 37.0 Å². The van der Waals surface area contributed by atoms with E-state index in [4.69, 9.17) is 0 Å². The molecule has 0 aliphatic rings. The van der Waals surface area contributed by atoms with E-state index in [0.717, 1.165) is 4.90 Å². The van der Waals surface area contributed by atoms with Gasteiger partial charge < -0.3 is 5.32 Å². The van der Waals surface area contributed by atoms with Crippen LogP contribution in [0.15, 0.2) is 35.2 Å². The summed E-state index contributed by atoms with van der Waals surface area (Å²) in [4.78, 5) is 35.5. The molecule has 3 amide bonds. The van der Waals surface area contributed by atoms with Gasteiger partial charge in [0.2, 0.25) is 0 Å². The number of nitrogens with one attached hydrogen (secondary N) is 3. The fraction of sp³-hybridized carbons (Fsp3) is 0.357. The Labute approximate surface area is 128 Å². The van der Waals surface area contributed by atoms with E-state index in [1.54, 1.807) is 20.8 Å². The summed E-state index contributed by atoms with van der Waals surface area (Å²) < 4.78 is 0. The van der Waals surface area contributed by atoms with Gasteiger partial charge in [0, 0.05) is 10.9 Å². The second-order valence-electron chi connectivity index (χ2n) is 4.64. The van der Waals surface area contributed by atoms with Gasteiger partial charge in [-0.15, -0.1) is 11.8 Å². The Balaban J connectivity index is 2.39. The van der Waals surface area contributed by atoms with Crippen molar-refractivity contribution < 1.29 is 14.4 Å². The van der Waals surface area contributed by atoms with Gasteiger partial charge in [0.05, 0.1) is 5.25 Å². The molecule has 0 radical (unpaired) electrons. The highest BCUT2D eigenvalue weighted by Gasteiger charge is 2.18. The summed E-state index contributed by atoms with van der Waals surface area (Å²) in [6, 6.07) is 9.29. The number of benzene rings is 1. The highest BCUT2D eigenvalue weighted by molar-refractivity contribution is 8.00. The van der Waals surface area contributed by atoms with E-state index >= 15 is 0 Å². The van der Waals surface area contributed by atoms with Gasteiger partial charge in [0.25, 0.3) is 5.91 Å². The van der Waals surface area contributed by atoms with E-state index in [1.165, 1.54) is 11.8 Å². The highest BCUT2D eigenvalue weighted by atomic mass is 32.2. The van der Waals surface area contributed by atoms with Crippen molar-refractivity contribution >= 4 is 29.5 Å². The summed E-state index contributed by atoms with van der Waals surface area (Å²) in [6.07, 6.45) is 0. The van der Waals surface area contributed by atoms with Crippen LogP contribution in [0.1, 0.15) is 20.8 Å². The Morgan fingerprint density at radius 2 is 1.57 bits per heavy atom. The van der Waals surface area contributed by atoms with Gasteiger partial charge in [-0.3, -0.25) is 25.2 Å². The summed E-state index contributed by atoms with van der Waals surface area (Å²) in [5.74, 6) is -2.06. The van der Waals surface area contributed by atoms with E-state index in [-0.39, 0.29) is 11.9 Å². The standard InChI is InChI=1S/C14H19N3O3S/c1-9(2)15-13(19)14(20)17-16-12(18)10(3)21-11-7-5-4-6-8-11/h4-10H,1-3H3,(H,15,19)(H,16,18)(H,17,20)/t10-/m1/s1. The summed E-state index contributed by atoms with van der Waals surface area (Å²) in [7, 11) is 0. The van der Waals surface area contributed by atoms with Gasteiger partial charge in [0.15, 0.2) is 0 Å². The smallest absolute Gasteiger partial charge is 0.327 e. The van der Waals surface area contributed by atoms with Crippen LogP contribution in [0.5, 0.6) is 0 Å². The molecule has 3 N–H and O–H groups in total. The molecule has 7 heteroatoms. The third kappa shape index (κ3) is 6.31. The summed E-state index contributed by atoms with van der Waals surface area (Å²) >= 11 is 1.36. The molecule has 0 aliphatic carbocycles. The molecule has 1 atom stereocenters. The first-order valence-corrected chi connectivity index (χ1v) is 7.40. The lowest BCUT2D eigenvalue weighted by atomic mass is 10.4. The van der Waals surface area contributed by atoms with Crippen LogP contribution >= 0.6 is 11.8 Å². The maximum absolute atomic E-state index is 11.8. The average molecular weight is 309 g/mol. The molecule has 0 fully saturated rings. The van der Waals surface area contributed by atoms with Gasteiger partial charge in [-0.2, -0.15) is 0 Å². The normalized spacial score (nSPS) is 11.6. The van der Waals surface area contributed by atoms with Gasteiger partial charge in [-0.25, -0.2) is 0 Å². The van der Waals surface area contributed by atoms with Gasteiger partial charge in [-0.05, 0) is 32.9 Å². The lowest BCUT2D eigenvalue weighted by Crippen LogP contribution is -2.51. The Hall–Kier alpha value is -2.02. The highest BCUT2D eigenvalue weighted by Crippen LogP contribution is 2.22. The van der Waals surface area contributed by atoms with Gasteiger partial charge in [0.1, 0.15) is 0 Å². The van der Waals surface area contributed by atoms with Crippen molar-refractivity contribution in [2.24, 2.45) is 0 Å². The molecular formula is C14H19N3O3S. The predicted molar refractivity (Wildman–Crippen MR) is 81.3 cm³/mol. The maximum Gasteiger partial charge on any atom is 0.327 e. The van der Waals surface area contributed by atoms with Crippen LogP contribution in [0.2, 0.25) is 0 Å². The number of hydrogen-bond donors (Lipinski definition) is 3. The zero-order valence-corrected chi connectivity index (χ0v) is 13.0. The van der Waals surface area contributed by atoms with Crippen molar-refractivity contribution in [1.82, 2.24) is 16.2 Å². The fourth-order valence-electron chi connectivity index (χ4n) is 1.36. The van der Waals surface area contributed by atoms with Crippen molar-refractivity contribution in [3.63, 3.8) is 0 Å². The van der Waals surface area contributed by atoms with E-state index in [1.807, 2.05) is 30.3 Å². The molecule has 0 unspecified atom stereocenters. The van der Waals surface area contributed by atoms with Crippen molar-refractivity contribution in [2.75, 3.05) is 0 Å². The molecule has 1 aromatic carbocycles. The SMILES string of the molecule is CC(C)NC(=O)C(=O)NNC(=O)[C@@H](C)Sc1ccccc1. The van der Waals surface area contributed by atoms with E-state index < -0.39 is 17.1 Å². The zero-order chi connectivity index (χ0) is 15.8. The lowest BCUT2D eigenvalue weighted by Gasteiger charge is -2.13. The van der Waals surface area contributed by atoms with E-state index in [9.17, 15) is 14.4 Å². The molecule has 0 saturated carbocycles. The Bertz CT molecular complexity index is 505. The topological polar surface area (TPSA) is 87.3 Å². The number of carbonyl (C=O) groups excluding carboxylic acids is 3. The van der Waals surface area contributed by atoms with Crippen LogP contribution in [0.4, 0.5) is 0 Å². The molecule has 114 valence electrons. The zero-order valence-electron chi connectivity index (χ0n) is 12.2. The summed E-state index contributed by atoms with van der Waals surface area (Å²) in [6.45, 7) is 5.19. The average Bonchev–Trinajstić information content (AvgIpc) is 2.44. The molecule has 0 spiro atoms. The van der Waals surface area contributed by atoms with Gasteiger partial charge in [-0.1, -0.05) is 18.2 Å². The van der Waals surface area contributed by atoms with E-state index in [0.29, 0.717) is 0 Å². The monoisotopic (exact) mass is 309 g/mol. The fourth-order valence-corrected chi connectivity index (χ4v) is 2.25. The maximum atomic E-state index is 11.8. The third-order valence-electron chi connectivity index (χ3n) is 2.35. The first kappa shape index (κ1) is 17.0. The van der Waals surface area contributed by atoms with Crippen LogP contribution in [-0.4, -0.2) is 29.0 Å². The second-order valence-corrected chi connectivity index (χ2v) is 6.06. The first-order chi connectivity index (χ1) is 9.90. The minimum absolute atomic E-state index is 0.147. The number of carbonyl (C=O) groups is 3. The number of thioether (sulfide) groups is 1. The number of amides is 3. The molecule has 0 saturated heterocycles. The largest absolute Gasteiger partial charge is 0.346 e. The van der Waals surface area contributed by atoms with Crippen LogP contribution in [0.25, 0.3) is 0 Å². The molecule has 21 heavy (non-hydrogen) atoms. The van der Waals surface area contributed by atoms with Crippen LogP contribution in [0.3, 0.4) is 0 Å². The molecule has 6 nitrogen and oxygen atoms in total. The third-order valence-corrected chi connectivity index (χ3v) is 3.46. The molecule has 0 aromatic heterocycles. The van der Waals surface area contributed by atoms with Crippen LogP contribution in [0, 0.1) is 0 Å². The molecular weight excluding hydrogens is 290 g/mol. The summed E-state index contributed by atoms with van der Waals surface area (Å²) in [5, 5.41) is 2.03. The number of hydrogen-bond acceptors (Lipinski definition) is 4. The molecule has 0 aliphatic heterocycles. The van der Waals surface area contributed by atoms with Crippen molar-refractivity contribution in [3.05, 3.63) is 30.3 Å². The Kier molecular flexibility index (Phi) is 6.74. The molecule has 0 bridgehead atoms.